The molecule has 2 atom stereocenters. The molecule has 1 N–H and O–H groups in total. The molecule has 2 nitrogen and oxygen atoms in total. The molecule has 0 aliphatic heterocycles. The van der Waals surface area contributed by atoms with Gasteiger partial charge in [0.15, 0.2) is 4.34 Å². The third-order valence-corrected chi connectivity index (χ3v) is 6.79. The van der Waals surface area contributed by atoms with Crippen molar-refractivity contribution in [1.82, 2.24) is 10.3 Å². The van der Waals surface area contributed by atoms with Crippen molar-refractivity contribution in [2.24, 2.45) is 5.41 Å². The maximum atomic E-state index is 4.80. The monoisotopic (exact) mass is 320 g/mol. The molecule has 1 aromatic heterocycles. The predicted molar refractivity (Wildman–Crippen MR) is 94.4 cm³/mol. The second-order valence-electron chi connectivity index (χ2n) is 6.67. The zero-order valence-electron chi connectivity index (χ0n) is 13.1. The van der Waals surface area contributed by atoms with Crippen LogP contribution in [0.4, 0.5) is 0 Å². The van der Waals surface area contributed by atoms with Crippen LogP contribution in [0.3, 0.4) is 0 Å². The lowest BCUT2D eigenvalue weighted by molar-refractivity contribution is 0.215. The average molecular weight is 321 g/mol. The molecular formula is C17H24N2S2. The molecule has 1 saturated carbocycles. The number of thiazole rings is 1. The van der Waals surface area contributed by atoms with E-state index in [-0.39, 0.29) is 0 Å². The van der Waals surface area contributed by atoms with Crippen molar-refractivity contribution in [2.75, 3.05) is 6.54 Å². The fourth-order valence-electron chi connectivity index (χ4n) is 3.17. The summed E-state index contributed by atoms with van der Waals surface area (Å²) in [6.45, 7) is 8.07. The Balaban J connectivity index is 1.79. The van der Waals surface area contributed by atoms with Crippen molar-refractivity contribution >= 4 is 33.3 Å². The topological polar surface area (TPSA) is 24.9 Å². The Kier molecular flexibility index (Phi) is 4.57. The second kappa shape index (κ2) is 6.27. The lowest BCUT2D eigenvalue weighted by Gasteiger charge is -2.40. The smallest absolute Gasteiger partial charge is 0.151 e. The molecule has 21 heavy (non-hydrogen) atoms. The summed E-state index contributed by atoms with van der Waals surface area (Å²) in [5, 5.41) is 4.32. The van der Waals surface area contributed by atoms with Crippen LogP contribution in [0.25, 0.3) is 10.2 Å². The Morgan fingerprint density at radius 3 is 2.95 bits per heavy atom. The first-order chi connectivity index (χ1) is 10.1. The van der Waals surface area contributed by atoms with Gasteiger partial charge in [0.25, 0.3) is 0 Å². The molecule has 1 aliphatic carbocycles. The number of hydrogen-bond acceptors (Lipinski definition) is 4. The first-order valence-electron chi connectivity index (χ1n) is 7.83. The molecule has 0 spiro atoms. The van der Waals surface area contributed by atoms with Crippen LogP contribution in [0.2, 0.25) is 0 Å². The van der Waals surface area contributed by atoms with Gasteiger partial charge in [-0.2, -0.15) is 0 Å². The highest BCUT2D eigenvalue weighted by atomic mass is 32.2. The van der Waals surface area contributed by atoms with Crippen LogP contribution in [-0.2, 0) is 0 Å². The Bertz CT molecular complexity index is 573. The molecule has 1 aromatic carbocycles. The molecule has 0 radical (unpaired) electrons. The van der Waals surface area contributed by atoms with E-state index in [0.29, 0.717) is 16.7 Å². The SMILES string of the molecule is CCNC1CCC(C)(C)CC1Sc1nc2ccccc2s1. The molecule has 0 bridgehead atoms. The van der Waals surface area contributed by atoms with E-state index in [2.05, 4.69) is 50.4 Å². The van der Waals surface area contributed by atoms with E-state index < -0.39 is 0 Å². The molecule has 0 saturated heterocycles. The van der Waals surface area contributed by atoms with Crippen molar-refractivity contribution in [3.8, 4) is 0 Å². The number of fused-ring (bicyclic) bond motifs is 1. The van der Waals surface area contributed by atoms with Crippen molar-refractivity contribution < 1.29 is 0 Å². The minimum absolute atomic E-state index is 0.459. The highest BCUT2D eigenvalue weighted by Crippen LogP contribution is 2.44. The zero-order valence-corrected chi connectivity index (χ0v) is 14.7. The highest BCUT2D eigenvalue weighted by Gasteiger charge is 2.35. The lowest BCUT2D eigenvalue weighted by atomic mass is 9.75. The number of nitrogens with one attached hydrogen (secondary N) is 1. The summed E-state index contributed by atoms with van der Waals surface area (Å²) in [6.07, 6.45) is 3.87. The molecule has 4 heteroatoms. The Labute approximate surface area is 135 Å². The van der Waals surface area contributed by atoms with Crippen LogP contribution in [0, 0.1) is 5.41 Å². The Morgan fingerprint density at radius 2 is 2.19 bits per heavy atom. The van der Waals surface area contributed by atoms with Crippen LogP contribution >= 0.6 is 23.1 Å². The summed E-state index contributed by atoms with van der Waals surface area (Å²) in [5.41, 5.74) is 1.60. The van der Waals surface area contributed by atoms with Gasteiger partial charge in [0.2, 0.25) is 0 Å². The number of rotatable bonds is 4. The number of thioether (sulfide) groups is 1. The number of aromatic nitrogens is 1. The van der Waals surface area contributed by atoms with E-state index in [1.165, 1.54) is 28.3 Å². The van der Waals surface area contributed by atoms with Gasteiger partial charge < -0.3 is 5.32 Å². The van der Waals surface area contributed by atoms with Crippen LogP contribution in [0.1, 0.15) is 40.0 Å². The fourth-order valence-corrected chi connectivity index (χ4v) is 6.04. The molecule has 114 valence electrons. The van der Waals surface area contributed by atoms with Gasteiger partial charge in [-0.25, -0.2) is 4.98 Å². The van der Waals surface area contributed by atoms with E-state index in [9.17, 15) is 0 Å². The quantitative estimate of drug-likeness (QED) is 0.863. The number of hydrogen-bond donors (Lipinski definition) is 1. The molecule has 0 amide bonds. The van der Waals surface area contributed by atoms with Gasteiger partial charge in [0.05, 0.1) is 10.2 Å². The summed E-state index contributed by atoms with van der Waals surface area (Å²) >= 11 is 3.82. The lowest BCUT2D eigenvalue weighted by Crippen LogP contribution is -2.44. The predicted octanol–water partition coefficient (Wildman–Crippen LogP) is 4.95. The van der Waals surface area contributed by atoms with Gasteiger partial charge in [0.1, 0.15) is 0 Å². The Morgan fingerprint density at radius 1 is 1.38 bits per heavy atom. The van der Waals surface area contributed by atoms with E-state index in [0.717, 1.165) is 12.1 Å². The third-order valence-electron chi connectivity index (χ3n) is 4.33. The van der Waals surface area contributed by atoms with Gasteiger partial charge in [0, 0.05) is 11.3 Å². The highest BCUT2D eigenvalue weighted by molar-refractivity contribution is 8.01. The summed E-state index contributed by atoms with van der Waals surface area (Å²) in [7, 11) is 0. The van der Waals surface area contributed by atoms with Gasteiger partial charge in [-0.05, 0) is 43.4 Å². The number of benzene rings is 1. The summed E-state index contributed by atoms with van der Waals surface area (Å²) in [5.74, 6) is 0. The maximum Gasteiger partial charge on any atom is 0.151 e. The molecule has 3 rings (SSSR count). The minimum Gasteiger partial charge on any atom is -0.313 e. The average Bonchev–Trinajstić information content (AvgIpc) is 2.83. The standard InChI is InChI=1S/C17H24N2S2/c1-4-18-12-9-10-17(2,3)11-15(12)21-16-19-13-7-5-6-8-14(13)20-16/h5-8,12,15,18H,4,9-11H2,1-3H3. The molecule has 2 aromatic rings. The van der Waals surface area contributed by atoms with Crippen molar-refractivity contribution in [3.63, 3.8) is 0 Å². The maximum absolute atomic E-state index is 4.80. The normalized spacial score (nSPS) is 25.3. The van der Waals surface area contributed by atoms with Gasteiger partial charge in [-0.3, -0.25) is 0 Å². The van der Waals surface area contributed by atoms with Crippen LogP contribution in [0.5, 0.6) is 0 Å². The van der Waals surface area contributed by atoms with Gasteiger partial charge in [-0.15, -0.1) is 11.3 Å². The first-order valence-corrected chi connectivity index (χ1v) is 9.53. The van der Waals surface area contributed by atoms with Crippen LogP contribution in [-0.4, -0.2) is 22.8 Å². The van der Waals surface area contributed by atoms with E-state index in [4.69, 9.17) is 4.98 Å². The van der Waals surface area contributed by atoms with Crippen molar-refractivity contribution in [3.05, 3.63) is 24.3 Å². The second-order valence-corrected chi connectivity index (χ2v) is 9.19. The third kappa shape index (κ3) is 3.61. The van der Waals surface area contributed by atoms with E-state index >= 15 is 0 Å². The number of nitrogens with zero attached hydrogens (tertiary/aromatic N) is 1. The number of para-hydroxylation sites is 1. The molecule has 1 aliphatic rings. The van der Waals surface area contributed by atoms with Crippen molar-refractivity contribution in [1.29, 1.82) is 0 Å². The van der Waals surface area contributed by atoms with E-state index in [1.807, 2.05) is 23.1 Å². The van der Waals surface area contributed by atoms with Gasteiger partial charge >= 0.3 is 0 Å². The molecular weight excluding hydrogens is 296 g/mol. The summed E-state index contributed by atoms with van der Waals surface area (Å²) < 4.78 is 2.52. The van der Waals surface area contributed by atoms with Crippen LogP contribution < -0.4 is 5.32 Å². The van der Waals surface area contributed by atoms with E-state index in [1.54, 1.807) is 0 Å². The Hall–Kier alpha value is -0.580. The fraction of sp³-hybridized carbons (Fsp3) is 0.588. The molecule has 1 fully saturated rings. The summed E-state index contributed by atoms with van der Waals surface area (Å²) in [6, 6.07) is 9.08. The van der Waals surface area contributed by atoms with Crippen molar-refractivity contribution in [2.45, 2.75) is 55.7 Å². The largest absolute Gasteiger partial charge is 0.313 e. The first kappa shape index (κ1) is 15.3. The van der Waals surface area contributed by atoms with Crippen LogP contribution in [0.15, 0.2) is 28.6 Å². The molecule has 2 unspecified atom stereocenters. The zero-order chi connectivity index (χ0) is 14.9. The summed E-state index contributed by atoms with van der Waals surface area (Å²) in [4.78, 5) is 4.80. The minimum atomic E-state index is 0.459. The molecule has 1 heterocycles. The van der Waals surface area contributed by atoms with Gasteiger partial charge in [-0.1, -0.05) is 44.7 Å².